The van der Waals surface area contributed by atoms with Gasteiger partial charge in [0.15, 0.2) is 17.5 Å². The summed E-state index contributed by atoms with van der Waals surface area (Å²) >= 11 is 0. The van der Waals surface area contributed by atoms with Gasteiger partial charge in [-0.05, 0) is 17.7 Å². The first kappa shape index (κ1) is 22.7. The van der Waals surface area contributed by atoms with Crippen molar-refractivity contribution in [2.75, 3.05) is 0 Å². The molecule has 0 fully saturated rings. The van der Waals surface area contributed by atoms with Crippen LogP contribution >= 0.6 is 0 Å². The molecule has 0 unspecified atom stereocenters. The number of rotatable bonds is 7. The van der Waals surface area contributed by atoms with Crippen molar-refractivity contribution in [1.82, 2.24) is 15.0 Å². The van der Waals surface area contributed by atoms with Crippen molar-refractivity contribution in [2.45, 2.75) is 0 Å². The average molecular weight is 466 g/mol. The van der Waals surface area contributed by atoms with Gasteiger partial charge in [0.05, 0.1) is 11.4 Å². The first-order chi connectivity index (χ1) is 17.7. The molecule has 1 heterocycles. The maximum Gasteiger partial charge on any atom is 0.164 e. The van der Waals surface area contributed by atoms with Crippen LogP contribution in [0.1, 0.15) is 11.1 Å². The van der Waals surface area contributed by atoms with Gasteiger partial charge in [-0.3, -0.25) is 0 Å². The SMILES string of the molecule is N=C(/C=C\C(=N)c1ccccc1-c1nc(-c2ccccc2)nc(-c2ccccc2)n1)c1ccccc1. The summed E-state index contributed by atoms with van der Waals surface area (Å²) in [5.41, 5.74) is 4.61. The van der Waals surface area contributed by atoms with Crippen LogP contribution in [0.25, 0.3) is 34.2 Å². The van der Waals surface area contributed by atoms with E-state index in [0.717, 1.165) is 22.3 Å². The molecule has 36 heavy (non-hydrogen) atoms. The topological polar surface area (TPSA) is 86.4 Å². The monoisotopic (exact) mass is 465 g/mol. The molecular formula is C31H23N5. The van der Waals surface area contributed by atoms with E-state index in [0.29, 0.717) is 28.7 Å². The minimum absolute atomic E-state index is 0.272. The molecule has 2 N–H and O–H groups in total. The van der Waals surface area contributed by atoms with E-state index in [2.05, 4.69) is 0 Å². The first-order valence-electron chi connectivity index (χ1n) is 11.6. The summed E-state index contributed by atoms with van der Waals surface area (Å²) in [6.07, 6.45) is 3.29. The van der Waals surface area contributed by atoms with Crippen LogP contribution in [0.2, 0.25) is 0 Å². The standard InChI is InChI=1S/C31H23N5/c32-27(22-12-4-1-5-13-22)20-21-28(33)25-18-10-11-19-26(25)31-35-29(23-14-6-2-7-15-23)34-30(36-31)24-16-8-3-9-17-24/h1-21,32-33H/b21-20-,32-27?,33-28?. The van der Waals surface area contributed by atoms with E-state index in [1.807, 2.05) is 115 Å². The molecule has 4 aromatic carbocycles. The Labute approximate surface area is 209 Å². The van der Waals surface area contributed by atoms with Gasteiger partial charge in [-0.1, -0.05) is 115 Å². The van der Waals surface area contributed by atoms with E-state index in [1.54, 1.807) is 12.2 Å². The molecule has 0 bridgehead atoms. The summed E-state index contributed by atoms with van der Waals surface area (Å²) in [5, 5.41) is 17.1. The van der Waals surface area contributed by atoms with Crippen LogP contribution in [-0.4, -0.2) is 26.4 Å². The molecule has 0 saturated heterocycles. The number of benzene rings is 4. The highest BCUT2D eigenvalue weighted by Gasteiger charge is 2.15. The zero-order chi connectivity index (χ0) is 24.7. The number of nitrogens with zero attached hydrogens (tertiary/aromatic N) is 3. The van der Waals surface area contributed by atoms with Gasteiger partial charge in [0.2, 0.25) is 0 Å². The molecule has 0 atom stereocenters. The van der Waals surface area contributed by atoms with Crippen molar-refractivity contribution >= 4 is 11.4 Å². The van der Waals surface area contributed by atoms with E-state index in [1.165, 1.54) is 0 Å². The minimum atomic E-state index is 0.272. The largest absolute Gasteiger partial charge is 0.300 e. The Kier molecular flexibility index (Phi) is 6.63. The van der Waals surface area contributed by atoms with E-state index in [-0.39, 0.29) is 5.71 Å². The van der Waals surface area contributed by atoms with Crippen molar-refractivity contribution in [3.63, 3.8) is 0 Å². The molecule has 5 nitrogen and oxygen atoms in total. The normalized spacial score (nSPS) is 10.9. The number of aromatic nitrogens is 3. The third kappa shape index (κ3) is 5.05. The number of hydrogen-bond donors (Lipinski definition) is 2. The Morgan fingerprint density at radius 1 is 0.472 bits per heavy atom. The van der Waals surface area contributed by atoms with Gasteiger partial charge < -0.3 is 10.8 Å². The zero-order valence-corrected chi connectivity index (χ0v) is 19.5. The average Bonchev–Trinajstić information content (AvgIpc) is 2.97. The maximum atomic E-state index is 8.76. The third-order valence-electron chi connectivity index (χ3n) is 5.66. The van der Waals surface area contributed by atoms with Crippen molar-refractivity contribution in [2.24, 2.45) is 0 Å². The van der Waals surface area contributed by atoms with Crippen LogP contribution in [0.5, 0.6) is 0 Å². The number of allylic oxidation sites excluding steroid dienone is 2. The van der Waals surface area contributed by atoms with E-state index in [9.17, 15) is 0 Å². The highest BCUT2D eigenvalue weighted by molar-refractivity contribution is 6.15. The number of nitrogens with one attached hydrogen (secondary N) is 2. The van der Waals surface area contributed by atoms with Gasteiger partial charge in [0, 0.05) is 22.3 Å². The maximum absolute atomic E-state index is 8.76. The first-order valence-corrected chi connectivity index (χ1v) is 11.6. The predicted octanol–water partition coefficient (Wildman–Crippen LogP) is 6.86. The Morgan fingerprint density at radius 2 is 0.917 bits per heavy atom. The van der Waals surface area contributed by atoms with Crippen LogP contribution < -0.4 is 0 Å². The molecule has 172 valence electrons. The molecule has 5 aromatic rings. The van der Waals surface area contributed by atoms with E-state index >= 15 is 0 Å². The quantitative estimate of drug-likeness (QED) is 0.257. The van der Waals surface area contributed by atoms with Gasteiger partial charge in [0.25, 0.3) is 0 Å². The van der Waals surface area contributed by atoms with Crippen molar-refractivity contribution in [1.29, 1.82) is 10.8 Å². The second kappa shape index (κ2) is 10.5. The fourth-order valence-corrected chi connectivity index (χ4v) is 3.81. The van der Waals surface area contributed by atoms with Crippen LogP contribution in [0.4, 0.5) is 0 Å². The van der Waals surface area contributed by atoms with Crippen LogP contribution in [0.15, 0.2) is 127 Å². The van der Waals surface area contributed by atoms with Gasteiger partial charge in [-0.15, -0.1) is 0 Å². The third-order valence-corrected chi connectivity index (χ3v) is 5.66. The lowest BCUT2D eigenvalue weighted by molar-refractivity contribution is 1.07. The number of hydrogen-bond acceptors (Lipinski definition) is 5. The molecule has 5 heteroatoms. The molecule has 0 aliphatic rings. The lowest BCUT2D eigenvalue weighted by Gasteiger charge is -2.11. The summed E-state index contributed by atoms with van der Waals surface area (Å²) in [6, 6.07) is 36.7. The minimum Gasteiger partial charge on any atom is -0.300 e. The molecule has 0 aliphatic heterocycles. The van der Waals surface area contributed by atoms with Gasteiger partial charge in [0.1, 0.15) is 0 Å². The van der Waals surface area contributed by atoms with Gasteiger partial charge in [-0.2, -0.15) is 0 Å². The van der Waals surface area contributed by atoms with Crippen molar-refractivity contribution in [3.05, 3.63) is 139 Å². The molecule has 5 rings (SSSR count). The fourth-order valence-electron chi connectivity index (χ4n) is 3.81. The second-order valence-corrected chi connectivity index (χ2v) is 8.11. The van der Waals surface area contributed by atoms with E-state index < -0.39 is 0 Å². The lowest BCUT2D eigenvalue weighted by Crippen LogP contribution is -2.05. The summed E-state index contributed by atoms with van der Waals surface area (Å²) in [6.45, 7) is 0. The second-order valence-electron chi connectivity index (χ2n) is 8.11. The van der Waals surface area contributed by atoms with Crippen LogP contribution in [-0.2, 0) is 0 Å². The fraction of sp³-hybridized carbons (Fsp3) is 0. The molecular weight excluding hydrogens is 442 g/mol. The van der Waals surface area contributed by atoms with Gasteiger partial charge >= 0.3 is 0 Å². The highest BCUT2D eigenvalue weighted by Crippen LogP contribution is 2.27. The Morgan fingerprint density at radius 3 is 1.50 bits per heavy atom. The van der Waals surface area contributed by atoms with Crippen LogP contribution in [0, 0.1) is 10.8 Å². The summed E-state index contributed by atoms with van der Waals surface area (Å²) < 4.78 is 0. The lowest BCUT2D eigenvalue weighted by atomic mass is 10.0. The smallest absolute Gasteiger partial charge is 0.164 e. The molecule has 0 aliphatic carbocycles. The highest BCUT2D eigenvalue weighted by atomic mass is 15.0. The molecule has 0 radical (unpaired) electrons. The summed E-state index contributed by atoms with van der Waals surface area (Å²) in [7, 11) is 0. The molecule has 0 spiro atoms. The summed E-state index contributed by atoms with van der Waals surface area (Å²) in [5.74, 6) is 1.64. The van der Waals surface area contributed by atoms with E-state index in [4.69, 9.17) is 25.8 Å². The predicted molar refractivity (Wildman–Crippen MR) is 145 cm³/mol. The van der Waals surface area contributed by atoms with Crippen molar-refractivity contribution < 1.29 is 0 Å². The molecule has 1 aromatic heterocycles. The molecule has 0 amide bonds. The Balaban J connectivity index is 1.57. The van der Waals surface area contributed by atoms with Gasteiger partial charge in [-0.25, -0.2) is 15.0 Å². The molecule has 0 saturated carbocycles. The Hall–Kier alpha value is -5.03. The Bertz CT molecular complexity index is 1480. The van der Waals surface area contributed by atoms with Crippen LogP contribution in [0.3, 0.4) is 0 Å². The summed E-state index contributed by atoms with van der Waals surface area (Å²) in [4.78, 5) is 14.3. The zero-order valence-electron chi connectivity index (χ0n) is 19.5. The van der Waals surface area contributed by atoms with Crippen molar-refractivity contribution in [3.8, 4) is 34.2 Å².